The number of anilines is 2. The molecule has 8 nitrogen and oxygen atoms in total. The van der Waals surface area contributed by atoms with Gasteiger partial charge in [-0.15, -0.1) is 0 Å². The summed E-state index contributed by atoms with van der Waals surface area (Å²) in [6.07, 6.45) is 3.60. The van der Waals surface area contributed by atoms with Gasteiger partial charge in [0.1, 0.15) is 5.52 Å². The fraction of sp³-hybridized carbons (Fsp3) is 0.429. The van der Waals surface area contributed by atoms with Crippen LogP contribution in [0, 0.1) is 25.3 Å². The van der Waals surface area contributed by atoms with Crippen LogP contribution in [0.2, 0.25) is 0 Å². The molecule has 2 unspecified atom stereocenters. The van der Waals surface area contributed by atoms with Crippen molar-refractivity contribution in [1.82, 2.24) is 19.1 Å². The number of rotatable bonds is 3. The molecule has 8 heteroatoms. The van der Waals surface area contributed by atoms with E-state index in [2.05, 4.69) is 15.1 Å². The van der Waals surface area contributed by atoms with Gasteiger partial charge >= 0.3 is 5.69 Å². The molecule has 1 aliphatic heterocycles. The first-order valence-corrected chi connectivity index (χ1v) is 9.82. The molecule has 2 atom stereocenters. The molecule has 148 valence electrons. The third-order valence-corrected chi connectivity index (χ3v) is 6.26. The molecule has 1 saturated carbocycles. The summed E-state index contributed by atoms with van der Waals surface area (Å²) in [5.74, 6) is 1.51. The molecule has 0 spiro atoms. The molecule has 1 aliphatic carbocycles. The summed E-state index contributed by atoms with van der Waals surface area (Å²) >= 11 is 0. The number of fused-ring (bicyclic) bond motifs is 2. The molecule has 1 aromatic carbocycles. The molecule has 2 aromatic heterocycles. The van der Waals surface area contributed by atoms with E-state index in [-0.39, 0.29) is 11.7 Å². The van der Waals surface area contributed by atoms with Crippen LogP contribution in [-0.2, 0) is 11.8 Å². The van der Waals surface area contributed by atoms with Crippen LogP contribution in [-0.4, -0.2) is 32.3 Å². The monoisotopic (exact) mass is 390 g/mol. The Morgan fingerprint density at radius 2 is 2.03 bits per heavy atom. The minimum atomic E-state index is -0.0464. The number of nitrogens with zero attached hydrogens (tertiary/aromatic N) is 5. The van der Waals surface area contributed by atoms with Crippen molar-refractivity contribution in [3.8, 4) is 0 Å². The predicted molar refractivity (Wildman–Crippen MR) is 110 cm³/mol. The lowest BCUT2D eigenvalue weighted by Crippen LogP contribution is -2.25. The van der Waals surface area contributed by atoms with E-state index in [0.29, 0.717) is 29.1 Å². The second-order valence-corrected chi connectivity index (χ2v) is 8.03. The quantitative estimate of drug-likeness (QED) is 0.694. The number of ether oxygens (including phenoxy) is 1. The van der Waals surface area contributed by atoms with Gasteiger partial charge in [-0.1, -0.05) is 12.1 Å². The molecule has 3 heterocycles. The largest absolute Gasteiger partial charge is 0.381 e. The number of aromatic nitrogens is 4. The molecule has 0 radical (unpaired) electrons. The molecule has 0 bridgehead atoms. The van der Waals surface area contributed by atoms with E-state index in [1.807, 2.05) is 23.6 Å². The molecule has 29 heavy (non-hydrogen) atoms. The van der Waals surface area contributed by atoms with E-state index in [1.54, 1.807) is 23.9 Å². The van der Waals surface area contributed by atoms with Crippen LogP contribution in [0.1, 0.15) is 24.4 Å². The highest BCUT2D eigenvalue weighted by atomic mass is 16.5. The number of imidazole rings is 1. The number of benzene rings is 1. The zero-order valence-corrected chi connectivity index (χ0v) is 16.4. The molecule has 2 aliphatic rings. The Morgan fingerprint density at radius 3 is 2.72 bits per heavy atom. The predicted octanol–water partition coefficient (Wildman–Crippen LogP) is 3.33. The number of hydrogen-bond donors (Lipinski definition) is 1. The Kier molecular flexibility index (Phi) is 4.14. The first kappa shape index (κ1) is 17.9. The normalized spacial score (nSPS) is 23.3. The molecular formula is C21H22N6O2. The number of aryl methyl sites for hydroxylation is 2. The van der Waals surface area contributed by atoms with Crippen LogP contribution in [0.3, 0.4) is 0 Å². The van der Waals surface area contributed by atoms with E-state index in [9.17, 15) is 4.79 Å². The van der Waals surface area contributed by atoms with E-state index >= 15 is 0 Å². The molecule has 1 saturated heterocycles. The maximum absolute atomic E-state index is 13.0. The number of nitrogens with one attached hydrogen (secondary N) is 1. The molecule has 5 rings (SSSR count). The minimum Gasteiger partial charge on any atom is -0.381 e. The molecule has 1 N–H and O–H groups in total. The summed E-state index contributed by atoms with van der Waals surface area (Å²) in [6, 6.07) is 5.59. The van der Waals surface area contributed by atoms with Crippen molar-refractivity contribution in [3.05, 3.63) is 51.9 Å². The van der Waals surface area contributed by atoms with E-state index < -0.39 is 0 Å². The topological polar surface area (TPSA) is 78.3 Å². The molecule has 3 aromatic rings. The van der Waals surface area contributed by atoms with Gasteiger partial charge in [0.05, 0.1) is 12.8 Å². The van der Waals surface area contributed by atoms with Crippen LogP contribution in [0.15, 0.2) is 29.2 Å². The van der Waals surface area contributed by atoms with Crippen molar-refractivity contribution < 1.29 is 4.74 Å². The SMILES string of the molecule is [C-]#[N+]c1ccc(Nc2ncc3c(n2)n(C2CC4COCC4C2)c(=O)n3C)c(C)c1. The van der Waals surface area contributed by atoms with E-state index in [1.165, 1.54) is 0 Å². The highest BCUT2D eigenvalue weighted by Gasteiger charge is 2.40. The Morgan fingerprint density at radius 1 is 1.28 bits per heavy atom. The van der Waals surface area contributed by atoms with Gasteiger partial charge in [-0.2, -0.15) is 4.98 Å². The first-order valence-electron chi connectivity index (χ1n) is 9.82. The summed E-state index contributed by atoms with van der Waals surface area (Å²) in [4.78, 5) is 25.5. The Hall–Kier alpha value is -3.18. The average molecular weight is 390 g/mol. The van der Waals surface area contributed by atoms with Crippen molar-refractivity contribution in [2.24, 2.45) is 18.9 Å². The van der Waals surface area contributed by atoms with Gasteiger partial charge in [0, 0.05) is 32.0 Å². The fourth-order valence-corrected chi connectivity index (χ4v) is 4.67. The van der Waals surface area contributed by atoms with Crippen LogP contribution >= 0.6 is 0 Å². The van der Waals surface area contributed by atoms with Gasteiger partial charge in [-0.25, -0.2) is 14.6 Å². The van der Waals surface area contributed by atoms with Crippen LogP contribution in [0.4, 0.5) is 17.3 Å². The maximum atomic E-state index is 13.0. The van der Waals surface area contributed by atoms with Crippen molar-refractivity contribution in [3.63, 3.8) is 0 Å². The third kappa shape index (κ3) is 2.89. The highest BCUT2D eigenvalue weighted by molar-refractivity contribution is 5.73. The molecule has 0 amide bonds. The lowest BCUT2D eigenvalue weighted by molar-refractivity contribution is 0.167. The summed E-state index contributed by atoms with van der Waals surface area (Å²) in [5, 5.41) is 3.23. The lowest BCUT2D eigenvalue weighted by atomic mass is 10.0. The van der Waals surface area contributed by atoms with Gasteiger partial charge in [-0.05, 0) is 43.2 Å². The van der Waals surface area contributed by atoms with Crippen molar-refractivity contribution in [2.75, 3.05) is 18.5 Å². The van der Waals surface area contributed by atoms with Crippen molar-refractivity contribution in [1.29, 1.82) is 0 Å². The van der Waals surface area contributed by atoms with Gasteiger partial charge in [0.15, 0.2) is 11.3 Å². The van der Waals surface area contributed by atoms with Gasteiger partial charge in [0.2, 0.25) is 5.95 Å². The van der Waals surface area contributed by atoms with Crippen molar-refractivity contribution >= 4 is 28.5 Å². The summed E-state index contributed by atoms with van der Waals surface area (Å²) in [6.45, 7) is 10.7. The molecule has 2 fully saturated rings. The van der Waals surface area contributed by atoms with Crippen LogP contribution in [0.5, 0.6) is 0 Å². The second kappa shape index (κ2) is 6.71. The fourth-order valence-electron chi connectivity index (χ4n) is 4.67. The van der Waals surface area contributed by atoms with Gasteiger partial charge in [0.25, 0.3) is 0 Å². The Labute approximate surface area is 168 Å². The zero-order chi connectivity index (χ0) is 20.1. The van der Waals surface area contributed by atoms with Gasteiger partial charge < -0.3 is 10.1 Å². The van der Waals surface area contributed by atoms with Gasteiger partial charge in [-0.3, -0.25) is 9.13 Å². The van der Waals surface area contributed by atoms with E-state index in [0.717, 1.165) is 42.8 Å². The summed E-state index contributed by atoms with van der Waals surface area (Å²) in [5.41, 5.74) is 3.72. The summed E-state index contributed by atoms with van der Waals surface area (Å²) < 4.78 is 9.05. The Bertz CT molecular complexity index is 1190. The number of hydrogen-bond acceptors (Lipinski definition) is 5. The highest BCUT2D eigenvalue weighted by Crippen LogP contribution is 2.43. The van der Waals surface area contributed by atoms with Crippen molar-refractivity contribution in [2.45, 2.75) is 25.8 Å². The third-order valence-electron chi connectivity index (χ3n) is 6.26. The average Bonchev–Trinajstić information content (AvgIpc) is 3.37. The zero-order valence-electron chi connectivity index (χ0n) is 16.4. The minimum absolute atomic E-state index is 0.0464. The van der Waals surface area contributed by atoms with Crippen LogP contribution < -0.4 is 11.0 Å². The summed E-state index contributed by atoms with van der Waals surface area (Å²) in [7, 11) is 1.77. The second-order valence-electron chi connectivity index (χ2n) is 8.03. The Balaban J connectivity index is 1.53. The first-order chi connectivity index (χ1) is 14.0. The lowest BCUT2D eigenvalue weighted by Gasteiger charge is -2.13. The van der Waals surface area contributed by atoms with Crippen LogP contribution in [0.25, 0.3) is 16.0 Å². The standard InChI is InChI=1S/C21H22N6O2/c1-12-6-15(22-2)4-5-17(12)24-20-23-9-18-19(25-20)27(21(28)26(18)3)16-7-13-10-29-11-14(13)8-16/h4-6,9,13-14,16H,7-8,10-11H2,1,3H3,(H,23,24,25). The molecular weight excluding hydrogens is 368 g/mol. The maximum Gasteiger partial charge on any atom is 0.330 e. The van der Waals surface area contributed by atoms with E-state index in [4.69, 9.17) is 16.3 Å². The smallest absolute Gasteiger partial charge is 0.330 e.